The van der Waals surface area contributed by atoms with Gasteiger partial charge in [-0.3, -0.25) is 0 Å². The lowest BCUT2D eigenvalue weighted by Crippen LogP contribution is -2.20. The molecule has 0 amide bonds. The largest absolute Gasteiger partial charge is 0.504 e. The minimum Gasteiger partial charge on any atom is -0.504 e. The molecule has 0 aromatic heterocycles. The average molecular weight is 300 g/mol. The minimum absolute atomic E-state index is 0.0562. The first-order chi connectivity index (χ1) is 8.72. The second kappa shape index (κ2) is 6.29. The summed E-state index contributed by atoms with van der Waals surface area (Å²) in [6.45, 7) is 6.57. The number of phenolic OH excluding ortho intramolecular Hbond substituents is 1. The number of anilines is 2. The van der Waals surface area contributed by atoms with Crippen LogP contribution in [0, 0.1) is 0 Å². The molecular weight excluding hydrogens is 274 g/mol. The monoisotopic (exact) mass is 300 g/mol. The highest BCUT2D eigenvalue weighted by atomic mass is 31.0. The van der Waals surface area contributed by atoms with E-state index in [-0.39, 0.29) is 5.41 Å². The van der Waals surface area contributed by atoms with Gasteiger partial charge in [-0.2, -0.15) is 0 Å². The lowest BCUT2D eigenvalue weighted by atomic mass is 9.86. The molecule has 0 fully saturated rings. The van der Waals surface area contributed by atoms with Crippen LogP contribution in [-0.4, -0.2) is 31.8 Å². The van der Waals surface area contributed by atoms with Crippen LogP contribution in [0.3, 0.4) is 0 Å². The van der Waals surface area contributed by atoms with Gasteiger partial charge in [0.2, 0.25) is 0 Å². The smallest absolute Gasteiger partial charge is 0.162 e. The molecule has 1 aromatic carbocycles. The fourth-order valence-corrected chi connectivity index (χ4v) is 2.21. The van der Waals surface area contributed by atoms with Crippen LogP contribution < -0.4 is 9.80 Å². The molecule has 5 heteroatoms. The second-order valence-electron chi connectivity index (χ2n) is 5.87. The van der Waals surface area contributed by atoms with Gasteiger partial charge in [-0.05, 0) is 23.1 Å². The first-order valence-electron chi connectivity index (χ1n) is 6.42. The van der Waals surface area contributed by atoms with Crippen molar-refractivity contribution in [2.45, 2.75) is 26.2 Å². The highest BCUT2D eigenvalue weighted by Crippen LogP contribution is 2.41. The summed E-state index contributed by atoms with van der Waals surface area (Å²) >= 11 is 0. The maximum atomic E-state index is 10.5. The van der Waals surface area contributed by atoms with Gasteiger partial charge < -0.3 is 14.9 Å². The van der Waals surface area contributed by atoms with Gasteiger partial charge in [0.25, 0.3) is 0 Å². The zero-order valence-corrected chi connectivity index (χ0v) is 14.9. The summed E-state index contributed by atoms with van der Waals surface area (Å²) < 4.78 is 0. The Labute approximate surface area is 121 Å². The molecule has 0 aliphatic heterocycles. The van der Waals surface area contributed by atoms with Crippen molar-refractivity contribution in [1.82, 2.24) is 0 Å². The van der Waals surface area contributed by atoms with E-state index in [9.17, 15) is 5.11 Å². The van der Waals surface area contributed by atoms with Gasteiger partial charge in [0.1, 0.15) is 0 Å². The van der Waals surface area contributed by atoms with E-state index in [1.807, 2.05) is 23.9 Å². The molecule has 19 heavy (non-hydrogen) atoms. The highest BCUT2D eigenvalue weighted by Gasteiger charge is 2.21. The van der Waals surface area contributed by atoms with Crippen molar-refractivity contribution in [2.24, 2.45) is 0 Å². The minimum atomic E-state index is 0.0562. The molecule has 2 atom stereocenters. The lowest BCUT2D eigenvalue weighted by Gasteiger charge is -2.28. The Morgan fingerprint density at radius 1 is 1.00 bits per heavy atom. The molecule has 108 valence electrons. The van der Waals surface area contributed by atoms with E-state index < -0.39 is 0 Å². The van der Waals surface area contributed by atoms with E-state index in [0.717, 1.165) is 23.9 Å². The normalized spacial score (nSPS) is 11.5. The van der Waals surface area contributed by atoms with Crippen molar-refractivity contribution in [3.63, 3.8) is 0 Å². The summed E-state index contributed by atoms with van der Waals surface area (Å²) in [5.74, 6) is 0.350. The molecule has 3 nitrogen and oxygen atoms in total. The number of rotatable bonds is 4. The summed E-state index contributed by atoms with van der Waals surface area (Å²) in [6, 6.07) is 4.17. The van der Waals surface area contributed by atoms with Crippen LogP contribution in [-0.2, 0) is 5.41 Å². The van der Waals surface area contributed by atoms with Gasteiger partial charge in [0.05, 0.1) is 11.4 Å². The molecule has 0 saturated heterocycles. The highest BCUT2D eigenvalue weighted by molar-refractivity contribution is 7.16. The number of aromatic hydroxyl groups is 1. The summed E-state index contributed by atoms with van der Waals surface area (Å²) in [4.78, 5) is 4.07. The van der Waals surface area contributed by atoms with Crippen LogP contribution in [0.25, 0.3) is 0 Å². The van der Waals surface area contributed by atoms with Gasteiger partial charge in [-0.1, -0.05) is 20.8 Å². The number of benzene rings is 1. The molecule has 0 radical (unpaired) electrons. The van der Waals surface area contributed by atoms with Crippen LogP contribution in [0.1, 0.15) is 26.3 Å². The van der Waals surface area contributed by atoms with Crippen LogP contribution in [0.2, 0.25) is 0 Å². The molecule has 1 rings (SSSR count). The van der Waals surface area contributed by atoms with E-state index in [0.29, 0.717) is 5.75 Å². The van der Waals surface area contributed by atoms with Crippen molar-refractivity contribution in [3.05, 3.63) is 17.7 Å². The molecule has 0 aliphatic rings. The fourth-order valence-electron chi connectivity index (χ4n) is 1.82. The van der Waals surface area contributed by atoms with E-state index >= 15 is 0 Å². The number of hydrogen-bond acceptors (Lipinski definition) is 3. The Morgan fingerprint density at radius 2 is 1.37 bits per heavy atom. The summed E-state index contributed by atoms with van der Waals surface area (Å²) in [5, 5.41) is 10.5. The van der Waals surface area contributed by atoms with Crippen LogP contribution >= 0.6 is 18.5 Å². The Kier molecular flexibility index (Phi) is 5.47. The van der Waals surface area contributed by atoms with Gasteiger partial charge in [-0.25, -0.2) is 0 Å². The number of phenols is 1. The second-order valence-corrected chi connectivity index (χ2v) is 6.60. The van der Waals surface area contributed by atoms with Crippen LogP contribution in [0.4, 0.5) is 11.4 Å². The van der Waals surface area contributed by atoms with Gasteiger partial charge >= 0.3 is 0 Å². The predicted molar refractivity (Wildman–Crippen MR) is 92.8 cm³/mol. The Bertz CT molecular complexity index is 413. The van der Waals surface area contributed by atoms with Crippen LogP contribution in [0.15, 0.2) is 12.1 Å². The van der Waals surface area contributed by atoms with Crippen molar-refractivity contribution in [3.8, 4) is 5.75 Å². The standard InChI is InChI=1S/C14H26N2OP2/c1-14(2,3)10-6-11(15(4)8-18)13(17)12(7-10)16(5)9-19/h6-7,17H,8-9,18-19H2,1-5H3. The van der Waals surface area contributed by atoms with Crippen LogP contribution in [0.5, 0.6) is 5.75 Å². The fraction of sp³-hybridized carbons (Fsp3) is 0.571. The van der Waals surface area contributed by atoms with E-state index in [2.05, 4.69) is 51.4 Å². The third-order valence-electron chi connectivity index (χ3n) is 3.31. The number of nitrogens with zero attached hydrogens (tertiary/aromatic N) is 2. The Hall–Kier alpha value is -0.520. The zero-order valence-electron chi connectivity index (χ0n) is 12.6. The molecule has 0 bridgehead atoms. The molecular formula is C14H26N2OP2. The average Bonchev–Trinajstić information content (AvgIpc) is 2.35. The topological polar surface area (TPSA) is 26.7 Å². The zero-order chi connectivity index (χ0) is 14.8. The van der Waals surface area contributed by atoms with Crippen molar-refractivity contribution in [1.29, 1.82) is 0 Å². The van der Waals surface area contributed by atoms with E-state index in [4.69, 9.17) is 0 Å². The number of hydrogen-bond donors (Lipinski definition) is 1. The maximum Gasteiger partial charge on any atom is 0.162 e. The van der Waals surface area contributed by atoms with Crippen molar-refractivity contribution >= 4 is 29.9 Å². The first-order valence-corrected chi connectivity index (χ1v) is 8.05. The van der Waals surface area contributed by atoms with Gasteiger partial charge in [0, 0.05) is 26.7 Å². The Balaban J connectivity index is 3.47. The quantitative estimate of drug-likeness (QED) is 0.865. The first kappa shape index (κ1) is 16.5. The van der Waals surface area contributed by atoms with Crippen molar-refractivity contribution in [2.75, 3.05) is 36.5 Å². The molecule has 0 heterocycles. The van der Waals surface area contributed by atoms with E-state index in [1.54, 1.807) is 0 Å². The lowest BCUT2D eigenvalue weighted by molar-refractivity contribution is 0.474. The third-order valence-corrected chi connectivity index (χ3v) is 4.40. The molecule has 1 aromatic rings. The summed E-state index contributed by atoms with van der Waals surface area (Å²) in [5.41, 5.74) is 3.04. The predicted octanol–water partition coefficient (Wildman–Crippen LogP) is 3.23. The van der Waals surface area contributed by atoms with Crippen molar-refractivity contribution < 1.29 is 5.11 Å². The van der Waals surface area contributed by atoms with Gasteiger partial charge in [-0.15, -0.1) is 18.5 Å². The molecule has 0 spiro atoms. The van der Waals surface area contributed by atoms with Gasteiger partial charge in [0.15, 0.2) is 5.75 Å². The molecule has 2 unspecified atom stereocenters. The Morgan fingerprint density at radius 3 is 1.63 bits per heavy atom. The summed E-state index contributed by atoms with van der Waals surface area (Å²) in [6.07, 6.45) is 1.57. The third kappa shape index (κ3) is 3.74. The molecule has 0 saturated carbocycles. The molecule has 1 N–H and O–H groups in total. The summed E-state index contributed by atoms with van der Waals surface area (Å²) in [7, 11) is 9.34. The maximum absolute atomic E-state index is 10.5. The SMILES string of the molecule is CN(CP)c1cc(C(C)(C)C)cc(N(C)CP)c1O. The molecule has 0 aliphatic carbocycles. The van der Waals surface area contributed by atoms with E-state index in [1.165, 1.54) is 5.56 Å².